The molecule has 9 atom stereocenters. The lowest BCUT2D eigenvalue weighted by Gasteiger charge is -2.60. The minimum Gasteiger partial charge on any atom is -0.462 e. The highest BCUT2D eigenvalue weighted by Crippen LogP contribution is 2.67. The van der Waals surface area contributed by atoms with Gasteiger partial charge in [-0.1, -0.05) is 13.8 Å². The van der Waals surface area contributed by atoms with Gasteiger partial charge in [0, 0.05) is 31.6 Å². The molecule has 0 aromatic carbocycles. The molecule has 4 aliphatic carbocycles. The Labute approximate surface area is 190 Å². The molecule has 0 saturated heterocycles. The van der Waals surface area contributed by atoms with Gasteiger partial charge in [-0.2, -0.15) is 0 Å². The fraction of sp³-hybridized carbons (Fsp3) is 0.880. The van der Waals surface area contributed by atoms with Crippen LogP contribution >= 0.6 is 0 Å². The quantitative estimate of drug-likeness (QED) is 0.634. The third-order valence-electron chi connectivity index (χ3n) is 9.82. The number of carbonyl (C=O) groups is 3. The Bertz CT molecular complexity index is 795. The maximum absolute atomic E-state index is 13.7. The number of esters is 2. The van der Waals surface area contributed by atoms with Crippen LogP contribution in [0.3, 0.4) is 0 Å². The first-order chi connectivity index (χ1) is 14.9. The molecule has 32 heavy (non-hydrogen) atoms. The maximum atomic E-state index is 13.7. The topological polar surface area (TPSA) is 110 Å². The van der Waals surface area contributed by atoms with E-state index in [0.717, 1.165) is 38.5 Å². The van der Waals surface area contributed by atoms with Crippen molar-refractivity contribution in [3.05, 3.63) is 0 Å². The summed E-state index contributed by atoms with van der Waals surface area (Å²) in [5, 5.41) is 22.2. The lowest BCUT2D eigenvalue weighted by molar-refractivity contribution is -0.211. The van der Waals surface area contributed by atoms with Crippen molar-refractivity contribution in [2.45, 2.75) is 96.9 Å². The number of fused-ring (bicyclic) bond motifs is 5. The summed E-state index contributed by atoms with van der Waals surface area (Å²) in [5.41, 5.74) is -2.28. The molecule has 2 N–H and O–H groups in total. The molecule has 4 aliphatic rings. The summed E-state index contributed by atoms with van der Waals surface area (Å²) < 4.78 is 10.6. The van der Waals surface area contributed by atoms with Crippen LogP contribution in [-0.2, 0) is 23.9 Å². The van der Waals surface area contributed by atoms with E-state index in [-0.39, 0.29) is 48.1 Å². The molecule has 4 saturated carbocycles. The van der Waals surface area contributed by atoms with Crippen molar-refractivity contribution in [3.8, 4) is 0 Å². The Morgan fingerprint density at radius 1 is 1.09 bits per heavy atom. The monoisotopic (exact) mass is 450 g/mol. The predicted octanol–water partition coefficient (Wildman–Crippen LogP) is 2.79. The van der Waals surface area contributed by atoms with Crippen molar-refractivity contribution >= 4 is 17.7 Å². The Balaban J connectivity index is 1.65. The minimum absolute atomic E-state index is 0.0465. The lowest BCUT2D eigenvalue weighted by Crippen LogP contribution is -2.63. The van der Waals surface area contributed by atoms with E-state index in [2.05, 4.69) is 6.92 Å². The molecule has 4 fully saturated rings. The van der Waals surface area contributed by atoms with Gasteiger partial charge in [-0.25, -0.2) is 0 Å². The smallest absolute Gasteiger partial charge is 0.303 e. The van der Waals surface area contributed by atoms with E-state index in [1.807, 2.05) is 6.92 Å². The molecule has 0 radical (unpaired) electrons. The first-order valence-corrected chi connectivity index (χ1v) is 12.2. The number of aliphatic hydroxyl groups is 2. The van der Waals surface area contributed by atoms with Gasteiger partial charge >= 0.3 is 11.9 Å². The summed E-state index contributed by atoms with van der Waals surface area (Å²) in [7, 11) is 0. The second-order valence-corrected chi connectivity index (χ2v) is 11.4. The second kappa shape index (κ2) is 8.08. The van der Waals surface area contributed by atoms with E-state index in [1.54, 1.807) is 0 Å². The summed E-state index contributed by atoms with van der Waals surface area (Å²) in [4.78, 5) is 37.0. The molecule has 7 nitrogen and oxygen atoms in total. The van der Waals surface area contributed by atoms with Gasteiger partial charge in [0.15, 0.2) is 6.10 Å². The van der Waals surface area contributed by atoms with Crippen molar-refractivity contribution in [3.63, 3.8) is 0 Å². The van der Waals surface area contributed by atoms with Crippen molar-refractivity contribution in [1.82, 2.24) is 0 Å². The van der Waals surface area contributed by atoms with Gasteiger partial charge in [0.1, 0.15) is 18.0 Å². The fourth-order valence-corrected chi connectivity index (χ4v) is 8.28. The fourth-order valence-electron chi connectivity index (χ4n) is 8.28. The van der Waals surface area contributed by atoms with E-state index >= 15 is 0 Å². The van der Waals surface area contributed by atoms with Gasteiger partial charge < -0.3 is 19.7 Å². The van der Waals surface area contributed by atoms with Crippen molar-refractivity contribution < 1.29 is 34.1 Å². The third-order valence-corrected chi connectivity index (χ3v) is 9.82. The van der Waals surface area contributed by atoms with Gasteiger partial charge in [-0.05, 0) is 68.1 Å². The molecule has 0 spiro atoms. The van der Waals surface area contributed by atoms with Gasteiger partial charge in [0.05, 0.1) is 6.10 Å². The first kappa shape index (κ1) is 23.7. The highest BCUT2D eigenvalue weighted by Gasteiger charge is 2.69. The number of hydrogen-bond acceptors (Lipinski definition) is 7. The van der Waals surface area contributed by atoms with Crippen LogP contribution in [0.4, 0.5) is 0 Å². The van der Waals surface area contributed by atoms with Crippen LogP contribution in [0.15, 0.2) is 0 Å². The Morgan fingerprint density at radius 2 is 1.81 bits per heavy atom. The van der Waals surface area contributed by atoms with Gasteiger partial charge in [-0.15, -0.1) is 0 Å². The summed E-state index contributed by atoms with van der Waals surface area (Å²) in [6.07, 6.45) is 4.42. The zero-order chi connectivity index (χ0) is 23.5. The molecule has 9 unspecified atom stereocenters. The van der Waals surface area contributed by atoms with Crippen LogP contribution in [0.2, 0.25) is 0 Å². The molecule has 180 valence electrons. The van der Waals surface area contributed by atoms with Crippen LogP contribution in [-0.4, -0.2) is 52.4 Å². The van der Waals surface area contributed by atoms with Gasteiger partial charge in [0.2, 0.25) is 0 Å². The molecule has 0 bridgehead atoms. The first-order valence-electron chi connectivity index (χ1n) is 12.2. The summed E-state index contributed by atoms with van der Waals surface area (Å²) in [5.74, 6) is -0.235. The van der Waals surface area contributed by atoms with Crippen molar-refractivity contribution in [2.24, 2.45) is 34.5 Å². The van der Waals surface area contributed by atoms with E-state index in [0.29, 0.717) is 12.3 Å². The molecule has 0 aromatic heterocycles. The summed E-state index contributed by atoms with van der Waals surface area (Å²) in [6, 6.07) is 0. The minimum atomic E-state index is -1.43. The number of rotatable bonds is 4. The van der Waals surface area contributed by atoms with Crippen LogP contribution in [0.25, 0.3) is 0 Å². The van der Waals surface area contributed by atoms with E-state index in [9.17, 15) is 24.6 Å². The average Bonchev–Trinajstić information content (AvgIpc) is 2.96. The number of ketones is 1. The van der Waals surface area contributed by atoms with Crippen molar-refractivity contribution in [2.75, 3.05) is 6.61 Å². The third kappa shape index (κ3) is 3.51. The Morgan fingerprint density at radius 3 is 2.47 bits per heavy atom. The second-order valence-electron chi connectivity index (χ2n) is 11.4. The van der Waals surface area contributed by atoms with Crippen LogP contribution in [0.1, 0.15) is 79.1 Å². The van der Waals surface area contributed by atoms with Gasteiger partial charge in [0.25, 0.3) is 0 Å². The largest absolute Gasteiger partial charge is 0.462 e. The molecular formula is C25H38O7. The predicted molar refractivity (Wildman–Crippen MR) is 115 cm³/mol. The lowest BCUT2D eigenvalue weighted by atomic mass is 9.44. The number of carbonyl (C=O) groups excluding carboxylic acids is 3. The summed E-state index contributed by atoms with van der Waals surface area (Å²) >= 11 is 0. The highest BCUT2D eigenvalue weighted by atomic mass is 16.6. The van der Waals surface area contributed by atoms with Crippen molar-refractivity contribution in [1.29, 1.82) is 0 Å². The standard InChI is InChI=1S/C25H38O7/c1-14(26)31-13-21(32-15(2)27)25(30)10-8-19-18-6-5-16-11-17(28)7-9-23(16,3)22(18)20(29)12-24(19,25)4/h16-19,21-22,28,30H,5-13H2,1-4H3. The molecule has 7 heteroatoms. The van der Waals surface area contributed by atoms with E-state index in [4.69, 9.17) is 9.47 Å². The number of ether oxygens (including phenoxy) is 2. The average molecular weight is 451 g/mol. The summed E-state index contributed by atoms with van der Waals surface area (Å²) in [6.45, 7) is 6.55. The van der Waals surface area contributed by atoms with Crippen LogP contribution in [0.5, 0.6) is 0 Å². The molecule has 0 aromatic rings. The van der Waals surface area contributed by atoms with Crippen LogP contribution < -0.4 is 0 Å². The maximum Gasteiger partial charge on any atom is 0.303 e. The SMILES string of the molecule is CC(=O)OCC(OC(C)=O)C1(O)CCC2C3CCC4CC(O)CCC4(C)C3C(=O)CC21C. The Kier molecular flexibility index (Phi) is 5.98. The van der Waals surface area contributed by atoms with Crippen LogP contribution in [0, 0.1) is 34.5 Å². The Hall–Kier alpha value is -1.47. The van der Waals surface area contributed by atoms with E-state index < -0.39 is 29.1 Å². The molecule has 0 heterocycles. The number of aliphatic hydroxyl groups excluding tert-OH is 1. The van der Waals surface area contributed by atoms with E-state index in [1.165, 1.54) is 13.8 Å². The molecule has 0 amide bonds. The zero-order valence-electron chi connectivity index (χ0n) is 19.8. The molecule has 4 rings (SSSR count). The number of hydrogen-bond donors (Lipinski definition) is 2. The number of Topliss-reactive ketones (excluding diaryl/α,β-unsaturated/α-hetero) is 1. The highest BCUT2D eigenvalue weighted by molar-refractivity contribution is 5.84. The zero-order valence-corrected chi connectivity index (χ0v) is 19.8. The van der Waals surface area contributed by atoms with Gasteiger partial charge in [-0.3, -0.25) is 14.4 Å². The molecule has 0 aliphatic heterocycles. The molecular weight excluding hydrogens is 412 g/mol. The normalized spacial score (nSPS) is 46.4.